The Kier molecular flexibility index (Phi) is 16.6. The number of fused-ring (bicyclic) bond motifs is 13. The number of hydrogen-bond acceptors (Lipinski definition) is 0. The van der Waals surface area contributed by atoms with Gasteiger partial charge in [-0.05, 0) is 248 Å². The fourth-order valence-corrected chi connectivity index (χ4v) is 17.2. The molecule has 0 aliphatic carbocycles. The number of hydrogen-bond donors (Lipinski definition) is 0. The molecule has 0 saturated carbocycles. The molecule has 0 unspecified atom stereocenters. The second kappa shape index (κ2) is 26.7. The van der Waals surface area contributed by atoms with Crippen LogP contribution in [-0.2, 0) is 12.8 Å². The molecule has 0 saturated heterocycles. The Morgan fingerprint density at radius 1 is 0.173 bits per heavy atom. The minimum atomic E-state index is 1.07. The van der Waals surface area contributed by atoms with Gasteiger partial charge in [0.05, 0.1) is 0 Å². The lowest BCUT2D eigenvalue weighted by Gasteiger charge is -2.22. The van der Waals surface area contributed by atoms with Gasteiger partial charge in [-0.15, -0.1) is 0 Å². The van der Waals surface area contributed by atoms with Crippen LogP contribution in [0.2, 0.25) is 0 Å². The summed E-state index contributed by atoms with van der Waals surface area (Å²) < 4.78 is 0. The van der Waals surface area contributed by atoms with Crippen molar-refractivity contribution in [3.63, 3.8) is 0 Å². The summed E-state index contributed by atoms with van der Waals surface area (Å²) >= 11 is 0. The molecule has 0 nitrogen and oxygen atoms in total. The zero-order chi connectivity index (χ0) is 65.5. The van der Waals surface area contributed by atoms with Crippen molar-refractivity contribution in [3.05, 3.63) is 302 Å². The molecule has 0 atom stereocenters. The number of rotatable bonds is 20. The van der Waals surface area contributed by atoms with Crippen LogP contribution in [0.4, 0.5) is 0 Å². The summed E-state index contributed by atoms with van der Waals surface area (Å²) in [5.74, 6) is 0. The third-order valence-electron chi connectivity index (χ3n) is 21.8. The molecule has 98 heavy (non-hydrogen) atoms. The second-order valence-electron chi connectivity index (χ2n) is 27.7. The van der Waals surface area contributed by atoms with Crippen LogP contribution < -0.4 is 0 Å². The van der Waals surface area contributed by atoms with E-state index in [0.29, 0.717) is 0 Å². The number of aryl methyl sites for hydroxylation is 2. The number of unbranched alkanes of at least 4 members (excludes halogenated alkanes) is 10. The van der Waals surface area contributed by atoms with E-state index >= 15 is 0 Å². The average molecular weight is 1260 g/mol. The van der Waals surface area contributed by atoms with Gasteiger partial charge >= 0.3 is 0 Å². The molecule has 0 spiro atoms. The maximum atomic E-state index is 2.64. The fourth-order valence-electron chi connectivity index (χ4n) is 17.2. The van der Waals surface area contributed by atoms with E-state index in [0.717, 1.165) is 12.8 Å². The molecule has 0 amide bonds. The van der Waals surface area contributed by atoms with E-state index in [2.05, 4.69) is 305 Å². The standard InChI is InChI=1S/C98H82/c1-3-5-7-9-11-19-37-77-78(38-20-12-10-8-6-4-2)94-64-72(98-87-49-31-27-45-83(87)96(84-46-28-32-50-88(84)98)70-54-52-68-60-90(66-35-17-14-18-36-66)74-40-22-24-42-76(74)92(68)62-70)56-58-80(94)79-57-55-71(63-93(77)79)97-85-47-29-25-43-81(85)95(82-44-26-30-48-86(82)97)69-53-51-67-59-89(65-33-15-13-16-34-65)73-39-21-23-41-75(73)91(67)61-69/h13-18,21-36,39-64H,3-12,19-20,37-38H2,1-2H3. The van der Waals surface area contributed by atoms with E-state index < -0.39 is 0 Å². The molecule has 0 aliphatic heterocycles. The van der Waals surface area contributed by atoms with Crippen molar-refractivity contribution in [2.75, 3.05) is 0 Å². The molecule has 0 fully saturated rings. The molecule has 0 radical (unpaired) electrons. The highest BCUT2D eigenvalue weighted by molar-refractivity contribution is 6.26. The summed E-state index contributed by atoms with van der Waals surface area (Å²) in [5, 5.41) is 26.0. The van der Waals surface area contributed by atoms with Crippen LogP contribution in [0.5, 0.6) is 0 Å². The Morgan fingerprint density at radius 3 is 0.755 bits per heavy atom. The zero-order valence-electron chi connectivity index (χ0n) is 56.6. The molecule has 0 N–H and O–H groups in total. The van der Waals surface area contributed by atoms with Crippen molar-refractivity contribution in [1.82, 2.24) is 0 Å². The molecule has 17 aromatic carbocycles. The van der Waals surface area contributed by atoms with Gasteiger partial charge in [-0.25, -0.2) is 0 Å². The molecular formula is C98H82. The lowest BCUT2D eigenvalue weighted by atomic mass is 9.81. The second-order valence-corrected chi connectivity index (χ2v) is 27.7. The summed E-state index contributed by atoms with van der Waals surface area (Å²) in [6, 6.07) is 111. The summed E-state index contributed by atoms with van der Waals surface area (Å²) in [6.45, 7) is 4.67. The lowest BCUT2D eigenvalue weighted by molar-refractivity contribution is 0.600. The van der Waals surface area contributed by atoms with Crippen LogP contribution in [0.15, 0.2) is 291 Å². The van der Waals surface area contributed by atoms with Crippen molar-refractivity contribution in [2.45, 2.75) is 104 Å². The van der Waals surface area contributed by atoms with E-state index in [1.807, 2.05) is 0 Å². The average Bonchev–Trinajstić information content (AvgIpc) is 0.730. The Balaban J connectivity index is 0.846. The molecule has 0 heterocycles. The van der Waals surface area contributed by atoms with Crippen LogP contribution in [0.1, 0.15) is 102 Å². The zero-order valence-corrected chi connectivity index (χ0v) is 56.6. The Morgan fingerprint density at radius 2 is 0.429 bits per heavy atom. The van der Waals surface area contributed by atoms with Gasteiger partial charge in [0.1, 0.15) is 0 Å². The quantitative estimate of drug-likeness (QED) is 0.0405. The molecule has 0 heteroatoms. The molecule has 17 rings (SSSR count). The van der Waals surface area contributed by atoms with Crippen molar-refractivity contribution in [2.24, 2.45) is 0 Å². The van der Waals surface area contributed by atoms with Gasteiger partial charge in [0.25, 0.3) is 0 Å². The van der Waals surface area contributed by atoms with Gasteiger partial charge in [-0.2, -0.15) is 0 Å². The third-order valence-corrected chi connectivity index (χ3v) is 21.8. The molecular weight excluding hydrogens is 1180 g/mol. The Labute approximate surface area is 576 Å². The summed E-state index contributed by atoms with van der Waals surface area (Å²) in [6.07, 6.45) is 17.3. The predicted octanol–water partition coefficient (Wildman–Crippen LogP) is 29.0. The van der Waals surface area contributed by atoms with Gasteiger partial charge in [0.2, 0.25) is 0 Å². The third kappa shape index (κ3) is 11.0. The molecule has 17 aromatic rings. The Bertz CT molecular complexity index is 5410. The highest BCUT2D eigenvalue weighted by Crippen LogP contribution is 2.50. The highest BCUT2D eigenvalue weighted by atomic mass is 14.3. The SMILES string of the molecule is CCCCCCCCc1c(CCCCCCCC)c2cc(-c3c4ccccc4c(-c4ccc5cc(-c6ccccc6)c6ccccc6c5c4)c4ccccc34)ccc2c2ccc(-c3c4ccccc4c(-c4ccc5cc(-c6ccccc6)c6ccccc6c5c4)c4ccccc34)cc12. The maximum Gasteiger partial charge on any atom is -0.00261 e. The lowest BCUT2D eigenvalue weighted by Crippen LogP contribution is -2.01. The van der Waals surface area contributed by atoms with Crippen LogP contribution >= 0.6 is 0 Å². The van der Waals surface area contributed by atoms with Crippen LogP contribution in [0.3, 0.4) is 0 Å². The monoisotopic (exact) mass is 1260 g/mol. The molecule has 0 aromatic heterocycles. The van der Waals surface area contributed by atoms with Gasteiger partial charge in [-0.3, -0.25) is 0 Å². The van der Waals surface area contributed by atoms with Crippen LogP contribution in [0, 0.1) is 0 Å². The van der Waals surface area contributed by atoms with E-state index in [9.17, 15) is 0 Å². The van der Waals surface area contributed by atoms with Gasteiger partial charge in [-0.1, -0.05) is 333 Å². The van der Waals surface area contributed by atoms with E-state index in [1.54, 1.807) is 11.1 Å². The van der Waals surface area contributed by atoms with Crippen molar-refractivity contribution < 1.29 is 0 Å². The highest BCUT2D eigenvalue weighted by Gasteiger charge is 2.24. The van der Waals surface area contributed by atoms with Crippen molar-refractivity contribution >= 4 is 108 Å². The van der Waals surface area contributed by atoms with Gasteiger partial charge in [0.15, 0.2) is 0 Å². The first-order valence-electron chi connectivity index (χ1n) is 36.5. The van der Waals surface area contributed by atoms with Crippen molar-refractivity contribution in [3.8, 4) is 66.8 Å². The van der Waals surface area contributed by atoms with Gasteiger partial charge in [0, 0.05) is 0 Å². The summed E-state index contributed by atoms with van der Waals surface area (Å²) in [7, 11) is 0. The largest absolute Gasteiger partial charge is 0.0654 e. The molecule has 0 bridgehead atoms. The topological polar surface area (TPSA) is 0 Å². The van der Waals surface area contributed by atoms with E-state index in [-0.39, 0.29) is 0 Å². The number of benzene rings is 17. The maximum absolute atomic E-state index is 2.64. The minimum Gasteiger partial charge on any atom is -0.0654 e. The molecule has 0 aliphatic rings. The first-order valence-corrected chi connectivity index (χ1v) is 36.5. The smallest absolute Gasteiger partial charge is 0.00261 e. The minimum absolute atomic E-state index is 1.07. The normalized spacial score (nSPS) is 11.9. The van der Waals surface area contributed by atoms with Crippen molar-refractivity contribution in [1.29, 1.82) is 0 Å². The predicted molar refractivity (Wildman–Crippen MR) is 428 cm³/mol. The first-order chi connectivity index (χ1) is 48.6. The van der Waals surface area contributed by atoms with E-state index in [1.165, 1.54) is 252 Å². The van der Waals surface area contributed by atoms with E-state index in [4.69, 9.17) is 0 Å². The Hall–Kier alpha value is -10.7. The fraction of sp³-hybridized carbons (Fsp3) is 0.163. The summed E-state index contributed by atoms with van der Waals surface area (Å²) in [5.41, 5.74) is 18.4. The van der Waals surface area contributed by atoms with Crippen LogP contribution in [-0.4, -0.2) is 0 Å². The summed E-state index contributed by atoms with van der Waals surface area (Å²) in [4.78, 5) is 0. The van der Waals surface area contributed by atoms with Gasteiger partial charge < -0.3 is 0 Å². The first kappa shape index (κ1) is 61.0. The molecule has 474 valence electrons. The van der Waals surface area contributed by atoms with Crippen LogP contribution in [0.25, 0.3) is 174 Å².